The summed E-state index contributed by atoms with van der Waals surface area (Å²) in [6, 6.07) is 5.43. The number of benzene rings is 1. The number of para-hydroxylation sites is 1. The average Bonchev–Trinajstić information content (AvgIpc) is 2.90. The summed E-state index contributed by atoms with van der Waals surface area (Å²) >= 11 is 1.43. The van der Waals surface area contributed by atoms with Crippen LogP contribution >= 0.6 is 11.5 Å². The molecule has 1 aromatic carbocycles. The Hall–Kier alpha value is -2.97. The summed E-state index contributed by atoms with van der Waals surface area (Å²) in [4.78, 5) is 32.8. The summed E-state index contributed by atoms with van der Waals surface area (Å²) in [6.45, 7) is 6.11. The minimum Gasteiger partial charge on any atom is -0.490 e. The molecule has 0 saturated heterocycles. The van der Waals surface area contributed by atoms with E-state index in [1.807, 2.05) is 37.4 Å². The van der Waals surface area contributed by atoms with Crippen molar-refractivity contribution >= 4 is 47.2 Å². The fourth-order valence-corrected chi connectivity index (χ4v) is 4.66. The fraction of sp³-hybridized carbons (Fsp3) is 0.318. The average molecular weight is 425 g/mol. The van der Waals surface area contributed by atoms with Crippen molar-refractivity contribution in [2.75, 3.05) is 32.1 Å². The SMILES string of the molecule is C=Nc1c2cccc1OCCN(C)CCn1sc3c(c1=O)C=CCC=C3CC(=O)N2. The van der Waals surface area contributed by atoms with E-state index in [9.17, 15) is 9.59 Å². The molecular formula is C22H24N4O3S. The molecule has 4 rings (SSSR count). The van der Waals surface area contributed by atoms with Crippen molar-refractivity contribution in [2.24, 2.45) is 4.99 Å². The van der Waals surface area contributed by atoms with Crippen LogP contribution in [0, 0.1) is 0 Å². The number of aliphatic imine (C=N–C) groups is 1. The number of allylic oxidation sites excluding steroid dienone is 2. The Bertz CT molecular complexity index is 1100. The van der Waals surface area contributed by atoms with Crippen molar-refractivity contribution in [2.45, 2.75) is 19.4 Å². The van der Waals surface area contributed by atoms with Crippen LogP contribution in [-0.2, 0) is 11.3 Å². The molecule has 156 valence electrons. The number of amides is 1. The van der Waals surface area contributed by atoms with Crippen molar-refractivity contribution < 1.29 is 9.53 Å². The van der Waals surface area contributed by atoms with Gasteiger partial charge in [0.1, 0.15) is 18.0 Å². The molecule has 8 heteroatoms. The number of aromatic nitrogens is 1. The van der Waals surface area contributed by atoms with Gasteiger partial charge >= 0.3 is 0 Å². The third-order valence-corrected chi connectivity index (χ3v) is 6.41. The Balaban J connectivity index is 1.73. The lowest BCUT2D eigenvalue weighted by Crippen LogP contribution is -2.29. The van der Waals surface area contributed by atoms with Crippen LogP contribution in [0.25, 0.3) is 11.6 Å². The molecule has 1 N–H and O–H groups in total. The topological polar surface area (TPSA) is 75.9 Å². The van der Waals surface area contributed by atoms with E-state index in [4.69, 9.17) is 4.74 Å². The van der Waals surface area contributed by atoms with Gasteiger partial charge in [0.15, 0.2) is 0 Å². The van der Waals surface area contributed by atoms with Crippen molar-refractivity contribution in [3.63, 3.8) is 0 Å². The summed E-state index contributed by atoms with van der Waals surface area (Å²) in [5.74, 6) is 0.413. The summed E-state index contributed by atoms with van der Waals surface area (Å²) in [5, 5.41) is 2.93. The Labute approximate surface area is 179 Å². The number of ether oxygens (including phenoxy) is 1. The number of rotatable bonds is 1. The molecule has 2 heterocycles. The smallest absolute Gasteiger partial charge is 0.268 e. The second-order valence-electron chi connectivity index (χ2n) is 7.30. The summed E-state index contributed by atoms with van der Waals surface area (Å²) < 4.78 is 7.68. The summed E-state index contributed by atoms with van der Waals surface area (Å²) in [5.41, 5.74) is 2.62. The molecule has 0 fully saturated rings. The number of carbonyl (C=O) groups excluding carboxylic acids is 1. The maximum atomic E-state index is 12.9. The fourth-order valence-electron chi connectivity index (χ4n) is 3.55. The number of fused-ring (bicyclic) bond motifs is 3. The molecule has 30 heavy (non-hydrogen) atoms. The van der Waals surface area contributed by atoms with Gasteiger partial charge in [-0.05, 0) is 37.9 Å². The van der Waals surface area contributed by atoms with Crippen LogP contribution in [0.4, 0.5) is 11.4 Å². The van der Waals surface area contributed by atoms with Crippen molar-refractivity contribution in [1.82, 2.24) is 8.86 Å². The normalized spacial score (nSPS) is 17.5. The van der Waals surface area contributed by atoms with Gasteiger partial charge in [-0.3, -0.25) is 18.5 Å². The molecular weight excluding hydrogens is 400 g/mol. The number of carbonyl (C=O) groups is 1. The maximum Gasteiger partial charge on any atom is 0.268 e. The molecule has 0 radical (unpaired) electrons. The zero-order valence-corrected chi connectivity index (χ0v) is 17.7. The highest BCUT2D eigenvalue weighted by atomic mass is 32.1. The lowest BCUT2D eigenvalue weighted by molar-refractivity contribution is -0.115. The highest BCUT2D eigenvalue weighted by Gasteiger charge is 2.21. The summed E-state index contributed by atoms with van der Waals surface area (Å²) in [6.07, 6.45) is 6.73. The highest BCUT2D eigenvalue weighted by molar-refractivity contribution is 7.08. The van der Waals surface area contributed by atoms with Gasteiger partial charge in [0.25, 0.3) is 5.56 Å². The molecule has 2 aromatic rings. The number of hydrogen-bond acceptors (Lipinski definition) is 6. The number of likely N-dealkylation sites (N-methyl/N-ethyl adjacent to an activating group) is 1. The van der Waals surface area contributed by atoms with Crippen molar-refractivity contribution in [1.29, 1.82) is 0 Å². The first-order valence-corrected chi connectivity index (χ1v) is 10.6. The highest BCUT2D eigenvalue weighted by Crippen LogP contribution is 2.36. The first-order valence-electron chi connectivity index (χ1n) is 9.88. The standard InChI is InChI=1S/C22H24N4O3S/c1-23-20-17-8-5-9-18(20)29-13-12-25(2)10-11-26-22(28)16-7-4-3-6-15(21(16)30-26)14-19(27)24-17/h4-9H,1,3,10-14H2,2H3,(H,24,27). The lowest BCUT2D eigenvalue weighted by atomic mass is 10.1. The van der Waals surface area contributed by atoms with Gasteiger partial charge < -0.3 is 15.0 Å². The van der Waals surface area contributed by atoms with Crippen LogP contribution in [0.3, 0.4) is 0 Å². The van der Waals surface area contributed by atoms with Crippen molar-refractivity contribution in [3.05, 3.63) is 51.1 Å². The van der Waals surface area contributed by atoms with E-state index in [2.05, 4.69) is 21.9 Å². The molecule has 0 unspecified atom stereocenters. The zero-order valence-electron chi connectivity index (χ0n) is 16.9. The molecule has 1 aliphatic heterocycles. The van der Waals surface area contributed by atoms with E-state index in [0.717, 1.165) is 17.0 Å². The van der Waals surface area contributed by atoms with Crippen LogP contribution in [0.2, 0.25) is 0 Å². The molecule has 1 aliphatic carbocycles. The van der Waals surface area contributed by atoms with Gasteiger partial charge in [0.05, 0.1) is 22.5 Å². The quantitative estimate of drug-likeness (QED) is 0.712. The van der Waals surface area contributed by atoms with Crippen molar-refractivity contribution in [3.8, 4) is 5.75 Å². The van der Waals surface area contributed by atoms with Crippen LogP contribution in [0.15, 0.2) is 40.1 Å². The Morgan fingerprint density at radius 3 is 2.93 bits per heavy atom. The largest absolute Gasteiger partial charge is 0.490 e. The monoisotopic (exact) mass is 424 g/mol. The molecule has 2 aliphatic rings. The minimum atomic E-state index is -0.171. The molecule has 1 amide bonds. The molecule has 0 atom stereocenters. The molecule has 7 nitrogen and oxygen atoms in total. The van der Waals surface area contributed by atoms with E-state index in [0.29, 0.717) is 48.8 Å². The Kier molecular flexibility index (Phi) is 5.96. The van der Waals surface area contributed by atoms with E-state index in [-0.39, 0.29) is 17.9 Å². The second kappa shape index (κ2) is 8.81. The molecule has 1 aromatic heterocycles. The van der Waals surface area contributed by atoms with E-state index >= 15 is 0 Å². The predicted octanol–water partition coefficient (Wildman–Crippen LogP) is 3.40. The van der Waals surface area contributed by atoms with Gasteiger partial charge in [0, 0.05) is 19.6 Å². The zero-order chi connectivity index (χ0) is 21.1. The minimum absolute atomic E-state index is 0.00165. The van der Waals surface area contributed by atoms with Crippen LogP contribution in [0.1, 0.15) is 23.3 Å². The van der Waals surface area contributed by atoms with E-state index < -0.39 is 0 Å². The summed E-state index contributed by atoms with van der Waals surface area (Å²) in [7, 11) is 2.00. The van der Waals surface area contributed by atoms with Gasteiger partial charge in [0.2, 0.25) is 5.91 Å². The van der Waals surface area contributed by atoms with Gasteiger partial charge in [-0.2, -0.15) is 0 Å². The molecule has 0 spiro atoms. The number of anilines is 1. The van der Waals surface area contributed by atoms with Crippen LogP contribution in [-0.4, -0.2) is 48.2 Å². The first-order chi connectivity index (χ1) is 14.6. The molecule has 0 saturated carbocycles. The van der Waals surface area contributed by atoms with Gasteiger partial charge in [-0.25, -0.2) is 0 Å². The van der Waals surface area contributed by atoms with Gasteiger partial charge in [-0.15, -0.1) is 0 Å². The number of nitrogens with zero attached hydrogens (tertiary/aromatic N) is 3. The molecule has 4 bridgehead atoms. The van der Waals surface area contributed by atoms with Gasteiger partial charge in [-0.1, -0.05) is 35.8 Å². The second-order valence-corrected chi connectivity index (χ2v) is 8.33. The van der Waals surface area contributed by atoms with Crippen LogP contribution in [0.5, 0.6) is 5.75 Å². The maximum absolute atomic E-state index is 12.9. The van der Waals surface area contributed by atoms with E-state index in [1.54, 1.807) is 10.0 Å². The lowest BCUT2D eigenvalue weighted by Gasteiger charge is -2.18. The Morgan fingerprint density at radius 1 is 1.23 bits per heavy atom. The Morgan fingerprint density at radius 2 is 2.10 bits per heavy atom. The third-order valence-electron chi connectivity index (χ3n) is 5.18. The van der Waals surface area contributed by atoms with Crippen LogP contribution < -0.4 is 15.6 Å². The van der Waals surface area contributed by atoms with E-state index in [1.165, 1.54) is 11.5 Å². The predicted molar refractivity (Wildman–Crippen MR) is 122 cm³/mol. The number of hydrogen-bond donors (Lipinski definition) is 1. The first kappa shape index (κ1) is 20.3. The third kappa shape index (κ3) is 4.15. The number of nitrogens with one attached hydrogen (secondary N) is 1.